The zero-order valence-corrected chi connectivity index (χ0v) is 18.5. The highest BCUT2D eigenvalue weighted by atomic mass is 32.1. The van der Waals surface area contributed by atoms with Crippen LogP contribution in [0.3, 0.4) is 0 Å². The predicted octanol–water partition coefficient (Wildman–Crippen LogP) is 5.41. The van der Waals surface area contributed by atoms with E-state index in [4.69, 9.17) is 9.47 Å². The van der Waals surface area contributed by atoms with Gasteiger partial charge in [-0.2, -0.15) is 0 Å². The van der Waals surface area contributed by atoms with Crippen LogP contribution in [0.5, 0.6) is 5.75 Å². The Bertz CT molecular complexity index is 1080. The van der Waals surface area contributed by atoms with Gasteiger partial charge in [0.05, 0.1) is 12.7 Å². The van der Waals surface area contributed by atoms with Crippen molar-refractivity contribution >= 4 is 28.2 Å². The lowest BCUT2D eigenvalue weighted by Crippen LogP contribution is -2.21. The molecule has 0 atom stereocenters. The quantitative estimate of drug-likeness (QED) is 0.526. The van der Waals surface area contributed by atoms with Gasteiger partial charge in [-0.15, -0.1) is 11.3 Å². The lowest BCUT2D eigenvalue weighted by molar-refractivity contribution is -0.118. The molecule has 4 rings (SSSR count). The second-order valence-corrected chi connectivity index (χ2v) is 8.74. The van der Waals surface area contributed by atoms with Crippen molar-refractivity contribution in [3.63, 3.8) is 0 Å². The van der Waals surface area contributed by atoms with Crippen LogP contribution < -0.4 is 10.1 Å². The fraction of sp³-hybridized carbons (Fsp3) is 0.280. The molecule has 1 heterocycles. The number of amides is 1. The molecule has 1 aliphatic rings. The van der Waals surface area contributed by atoms with Gasteiger partial charge in [0.2, 0.25) is 0 Å². The lowest BCUT2D eigenvalue weighted by Gasteiger charge is -2.12. The van der Waals surface area contributed by atoms with E-state index in [1.807, 2.05) is 24.3 Å². The minimum absolute atomic E-state index is 0.132. The van der Waals surface area contributed by atoms with E-state index >= 15 is 0 Å². The zero-order chi connectivity index (χ0) is 21.8. The van der Waals surface area contributed by atoms with Crippen LogP contribution in [0.4, 0.5) is 5.00 Å². The average molecular weight is 436 g/mol. The molecule has 0 unspecified atom stereocenters. The third kappa shape index (κ3) is 4.80. The van der Waals surface area contributed by atoms with E-state index in [1.165, 1.54) is 24.0 Å². The summed E-state index contributed by atoms with van der Waals surface area (Å²) in [6, 6.07) is 16.0. The first-order valence-corrected chi connectivity index (χ1v) is 11.2. The Hall–Kier alpha value is -3.12. The average Bonchev–Trinajstić information content (AvgIpc) is 3.16. The topological polar surface area (TPSA) is 64.6 Å². The number of ether oxygens (including phenoxy) is 2. The summed E-state index contributed by atoms with van der Waals surface area (Å²) < 4.78 is 10.6. The first-order valence-electron chi connectivity index (χ1n) is 10.4. The third-order valence-electron chi connectivity index (χ3n) is 5.42. The second-order valence-electron chi connectivity index (χ2n) is 7.63. The smallest absolute Gasteiger partial charge is 0.341 e. The molecule has 2 aromatic carbocycles. The summed E-state index contributed by atoms with van der Waals surface area (Å²) in [5.74, 6) is -0.0849. The van der Waals surface area contributed by atoms with Crippen LogP contribution in [-0.4, -0.2) is 25.6 Å². The van der Waals surface area contributed by atoms with Crippen molar-refractivity contribution < 1.29 is 19.1 Å². The minimum atomic E-state index is -0.401. The molecule has 1 aromatic heterocycles. The highest BCUT2D eigenvalue weighted by Crippen LogP contribution is 2.38. The van der Waals surface area contributed by atoms with Crippen LogP contribution in [-0.2, 0) is 22.4 Å². The fourth-order valence-corrected chi connectivity index (χ4v) is 5.07. The van der Waals surface area contributed by atoms with Gasteiger partial charge in [-0.3, -0.25) is 4.79 Å². The van der Waals surface area contributed by atoms with Crippen LogP contribution in [0.1, 0.15) is 39.2 Å². The van der Waals surface area contributed by atoms with E-state index in [9.17, 15) is 9.59 Å². The standard InChI is InChI=1S/C25H25NO4S/c1-16-7-9-17(10-8-16)18-11-13-19(14-12-18)30-15-22(27)26-24-23(25(28)29-2)20-5-3-4-6-21(20)31-24/h7-14H,3-6,15H2,1-2H3,(H,26,27). The number of hydrogen-bond donors (Lipinski definition) is 1. The molecule has 0 saturated carbocycles. The maximum absolute atomic E-state index is 12.5. The molecule has 0 aliphatic heterocycles. The van der Waals surface area contributed by atoms with Gasteiger partial charge >= 0.3 is 5.97 Å². The normalized spacial score (nSPS) is 12.7. The van der Waals surface area contributed by atoms with E-state index in [-0.39, 0.29) is 12.5 Å². The molecule has 6 heteroatoms. The molecule has 0 bridgehead atoms. The largest absolute Gasteiger partial charge is 0.484 e. The van der Waals surface area contributed by atoms with Crippen LogP contribution in [0.2, 0.25) is 0 Å². The van der Waals surface area contributed by atoms with E-state index in [0.717, 1.165) is 47.3 Å². The van der Waals surface area contributed by atoms with E-state index in [1.54, 1.807) is 0 Å². The van der Waals surface area contributed by atoms with E-state index in [0.29, 0.717) is 16.3 Å². The number of rotatable bonds is 6. The maximum atomic E-state index is 12.5. The zero-order valence-electron chi connectivity index (χ0n) is 17.7. The highest BCUT2D eigenvalue weighted by Gasteiger charge is 2.26. The molecule has 0 fully saturated rings. The van der Waals surface area contributed by atoms with Crippen molar-refractivity contribution in [3.8, 4) is 16.9 Å². The summed E-state index contributed by atoms with van der Waals surface area (Å²) in [4.78, 5) is 26.0. The molecule has 0 saturated heterocycles. The number of benzene rings is 2. The molecular formula is C25H25NO4S. The van der Waals surface area contributed by atoms with Gasteiger partial charge in [0.1, 0.15) is 10.8 Å². The van der Waals surface area contributed by atoms with Crippen LogP contribution >= 0.6 is 11.3 Å². The number of fused-ring (bicyclic) bond motifs is 1. The highest BCUT2D eigenvalue weighted by molar-refractivity contribution is 7.17. The number of nitrogens with one attached hydrogen (secondary N) is 1. The van der Waals surface area contributed by atoms with Crippen LogP contribution in [0, 0.1) is 6.92 Å². The van der Waals surface area contributed by atoms with Crippen molar-refractivity contribution in [3.05, 3.63) is 70.1 Å². The number of esters is 1. The molecule has 3 aromatic rings. The number of aryl methyl sites for hydroxylation is 2. The van der Waals surface area contributed by atoms with Crippen molar-refractivity contribution in [2.24, 2.45) is 0 Å². The predicted molar refractivity (Wildman–Crippen MR) is 123 cm³/mol. The molecule has 1 amide bonds. The van der Waals surface area contributed by atoms with Gasteiger partial charge in [0.15, 0.2) is 6.61 Å². The number of carbonyl (C=O) groups excluding carboxylic acids is 2. The Labute approximate surface area is 186 Å². The molecule has 160 valence electrons. The lowest BCUT2D eigenvalue weighted by atomic mass is 9.95. The van der Waals surface area contributed by atoms with Crippen LogP contribution in [0.15, 0.2) is 48.5 Å². The monoisotopic (exact) mass is 435 g/mol. The van der Waals surface area contributed by atoms with Crippen molar-refractivity contribution in [2.75, 3.05) is 19.0 Å². The summed E-state index contributed by atoms with van der Waals surface area (Å²) in [5.41, 5.74) is 4.95. The summed E-state index contributed by atoms with van der Waals surface area (Å²) >= 11 is 1.47. The summed E-state index contributed by atoms with van der Waals surface area (Å²) in [5, 5.41) is 3.41. The van der Waals surface area contributed by atoms with E-state index in [2.05, 4.69) is 36.5 Å². The molecule has 1 aliphatic carbocycles. The molecule has 0 spiro atoms. The Morgan fingerprint density at radius 1 is 0.968 bits per heavy atom. The van der Waals surface area contributed by atoms with Crippen molar-refractivity contribution in [1.29, 1.82) is 0 Å². The van der Waals surface area contributed by atoms with Gasteiger partial charge in [-0.1, -0.05) is 42.0 Å². The number of anilines is 1. The minimum Gasteiger partial charge on any atom is -0.484 e. The van der Waals surface area contributed by atoms with Gasteiger partial charge in [0.25, 0.3) is 5.91 Å². The summed E-state index contributed by atoms with van der Waals surface area (Å²) in [6.45, 7) is 1.93. The maximum Gasteiger partial charge on any atom is 0.341 e. The number of carbonyl (C=O) groups is 2. The van der Waals surface area contributed by atoms with Crippen molar-refractivity contribution in [1.82, 2.24) is 0 Å². The number of hydrogen-bond acceptors (Lipinski definition) is 5. The summed E-state index contributed by atoms with van der Waals surface area (Å²) in [7, 11) is 1.37. The Morgan fingerprint density at radius 3 is 2.29 bits per heavy atom. The van der Waals surface area contributed by atoms with Crippen molar-refractivity contribution in [2.45, 2.75) is 32.6 Å². The van der Waals surface area contributed by atoms with Crippen LogP contribution in [0.25, 0.3) is 11.1 Å². The Morgan fingerprint density at radius 2 is 1.61 bits per heavy atom. The van der Waals surface area contributed by atoms with Gasteiger partial charge in [-0.05, 0) is 61.4 Å². The molecule has 1 N–H and O–H groups in total. The van der Waals surface area contributed by atoms with Gasteiger partial charge in [0, 0.05) is 4.88 Å². The molecular weight excluding hydrogens is 410 g/mol. The molecule has 0 radical (unpaired) electrons. The summed E-state index contributed by atoms with van der Waals surface area (Å²) in [6.07, 6.45) is 3.92. The first-order chi connectivity index (χ1) is 15.0. The Kier molecular flexibility index (Phi) is 6.37. The van der Waals surface area contributed by atoms with Gasteiger partial charge in [-0.25, -0.2) is 4.79 Å². The number of thiophene rings is 1. The number of methoxy groups -OCH3 is 1. The molecule has 31 heavy (non-hydrogen) atoms. The first kappa shape index (κ1) is 21.1. The third-order valence-corrected chi connectivity index (χ3v) is 6.63. The SMILES string of the molecule is COC(=O)c1c(NC(=O)COc2ccc(-c3ccc(C)cc3)cc2)sc2c1CCCC2. The van der Waals surface area contributed by atoms with Gasteiger partial charge < -0.3 is 14.8 Å². The molecule has 5 nitrogen and oxygen atoms in total. The fourth-order valence-electron chi connectivity index (χ4n) is 3.77. The Balaban J connectivity index is 1.40. The second kappa shape index (κ2) is 9.35. The van der Waals surface area contributed by atoms with E-state index < -0.39 is 5.97 Å².